The third kappa shape index (κ3) is 9.09. The first-order chi connectivity index (χ1) is 22.0. The number of hydrogen-bond acceptors (Lipinski definition) is 7. The molecule has 47 heavy (non-hydrogen) atoms. The van der Waals surface area contributed by atoms with Crippen molar-refractivity contribution in [3.8, 4) is 11.1 Å². The Morgan fingerprint density at radius 3 is 1.89 bits per heavy atom. The number of carboxylic acid groups (broad SMARTS) is 1. The molecule has 0 aromatic heterocycles. The van der Waals surface area contributed by atoms with Crippen LogP contribution in [0.2, 0.25) is 0 Å². The number of anilines is 1. The van der Waals surface area contributed by atoms with E-state index in [1.807, 2.05) is 48.5 Å². The van der Waals surface area contributed by atoms with Gasteiger partial charge in [0.05, 0.1) is 5.69 Å². The van der Waals surface area contributed by atoms with Gasteiger partial charge in [0.15, 0.2) is 0 Å². The van der Waals surface area contributed by atoms with Gasteiger partial charge < -0.3 is 30.4 Å². The van der Waals surface area contributed by atoms with Gasteiger partial charge in [-0.3, -0.25) is 0 Å². The number of hydrogen-bond donors (Lipinski definition) is 3. The fraction of sp³-hybridized carbons (Fsp3) is 0.343. The Morgan fingerprint density at radius 2 is 1.38 bits per heavy atom. The predicted octanol–water partition coefficient (Wildman–Crippen LogP) is 6.21. The average Bonchev–Trinajstić information content (AvgIpc) is 3.28. The first kappa shape index (κ1) is 34.5. The molecule has 4 N–H and O–H groups in total. The van der Waals surface area contributed by atoms with E-state index < -0.39 is 47.5 Å². The fourth-order valence-electron chi connectivity index (χ4n) is 5.07. The molecule has 0 bridgehead atoms. The Bertz CT molecular complexity index is 1630. The van der Waals surface area contributed by atoms with E-state index in [0.29, 0.717) is 5.56 Å². The Hall–Kier alpha value is -5.39. The summed E-state index contributed by atoms with van der Waals surface area (Å²) in [6.45, 7) is 10.0. The third-order valence-electron chi connectivity index (χ3n) is 6.97. The van der Waals surface area contributed by atoms with Crippen LogP contribution in [0.25, 0.3) is 11.1 Å². The summed E-state index contributed by atoms with van der Waals surface area (Å²) >= 11 is 0. The minimum atomic E-state index is -1.31. The molecule has 0 heterocycles. The van der Waals surface area contributed by atoms with E-state index in [1.54, 1.807) is 53.7 Å². The minimum Gasteiger partial charge on any atom is -0.480 e. The van der Waals surface area contributed by atoms with Crippen LogP contribution in [-0.2, 0) is 25.4 Å². The molecule has 0 radical (unpaired) electrons. The maximum atomic E-state index is 13.1. The lowest BCUT2D eigenvalue weighted by atomic mass is 9.98. The molecule has 0 spiro atoms. The van der Waals surface area contributed by atoms with Crippen molar-refractivity contribution in [3.63, 3.8) is 0 Å². The summed E-state index contributed by atoms with van der Waals surface area (Å²) in [6.07, 6.45) is -2.84. The summed E-state index contributed by atoms with van der Waals surface area (Å²) < 4.78 is 16.2. The van der Waals surface area contributed by atoms with E-state index in [4.69, 9.17) is 19.9 Å². The molecule has 3 aromatic rings. The van der Waals surface area contributed by atoms with Crippen molar-refractivity contribution in [3.05, 3.63) is 89.5 Å². The highest BCUT2D eigenvalue weighted by Crippen LogP contribution is 2.44. The average molecular weight is 645 g/mol. The molecule has 12 nitrogen and oxygen atoms in total. The zero-order valence-electron chi connectivity index (χ0n) is 27.3. The van der Waals surface area contributed by atoms with Crippen molar-refractivity contribution in [2.24, 2.45) is 10.7 Å². The van der Waals surface area contributed by atoms with Gasteiger partial charge in [-0.2, -0.15) is 0 Å². The normalized spacial score (nSPS) is 13.5. The maximum absolute atomic E-state index is 13.1. The van der Waals surface area contributed by atoms with Crippen LogP contribution in [0.4, 0.5) is 20.1 Å². The van der Waals surface area contributed by atoms with Gasteiger partial charge in [-0.25, -0.2) is 24.1 Å². The van der Waals surface area contributed by atoms with Crippen molar-refractivity contribution in [2.45, 2.75) is 71.1 Å². The monoisotopic (exact) mass is 644 g/mol. The molecule has 0 saturated heterocycles. The van der Waals surface area contributed by atoms with Crippen LogP contribution in [0.15, 0.2) is 77.8 Å². The van der Waals surface area contributed by atoms with Crippen LogP contribution >= 0.6 is 0 Å². The molecule has 0 saturated carbocycles. The number of carbonyl (C=O) groups excluding carboxylic acids is 3. The molecular formula is C35H40N4O8. The number of carboxylic acids is 1. The number of nitrogens with two attached hydrogens (primary N) is 1. The standard InChI is InChI=1S/C35H40N4O8/c1-34(2,3)46-32(43)38-30(36)39(33(44)47-35(4,5)6)22-17-15-21(16-18-22)19-28(29(40)41)37-31(42)45-20-27-25-13-9-7-11-23(25)24-12-8-10-14-26(24)27/h7-18,27-28H,19-20H2,1-6H3,(H,37,42)(H,40,41)(H2,36,38,43)/t28-/m1/s1. The summed E-state index contributed by atoms with van der Waals surface area (Å²) in [5.74, 6) is -1.92. The molecule has 0 fully saturated rings. The highest BCUT2D eigenvalue weighted by molar-refractivity contribution is 6.15. The largest absolute Gasteiger partial charge is 0.480 e. The third-order valence-corrected chi connectivity index (χ3v) is 6.97. The van der Waals surface area contributed by atoms with E-state index in [1.165, 1.54) is 12.1 Å². The summed E-state index contributed by atoms with van der Waals surface area (Å²) in [4.78, 5) is 54.9. The number of benzene rings is 3. The van der Waals surface area contributed by atoms with E-state index in [-0.39, 0.29) is 24.6 Å². The number of nitrogens with zero attached hydrogens (tertiary/aromatic N) is 2. The number of amides is 3. The highest BCUT2D eigenvalue weighted by atomic mass is 16.6. The van der Waals surface area contributed by atoms with Gasteiger partial charge in [0.2, 0.25) is 5.96 Å². The summed E-state index contributed by atoms with van der Waals surface area (Å²) in [5, 5.41) is 12.3. The van der Waals surface area contributed by atoms with E-state index in [2.05, 4.69) is 10.3 Å². The van der Waals surface area contributed by atoms with Crippen LogP contribution in [-0.4, -0.2) is 59.2 Å². The first-order valence-corrected chi connectivity index (χ1v) is 15.1. The highest BCUT2D eigenvalue weighted by Gasteiger charge is 2.31. The van der Waals surface area contributed by atoms with Crippen LogP contribution in [0, 0.1) is 0 Å². The second-order valence-electron chi connectivity index (χ2n) is 13.0. The molecule has 1 aliphatic rings. The molecule has 1 aliphatic carbocycles. The molecule has 12 heteroatoms. The zero-order valence-corrected chi connectivity index (χ0v) is 27.3. The molecule has 3 amide bonds. The lowest BCUT2D eigenvalue weighted by Gasteiger charge is -2.27. The Labute approximate surface area is 273 Å². The minimum absolute atomic E-state index is 0.0354. The summed E-state index contributed by atoms with van der Waals surface area (Å²) in [7, 11) is 0. The Morgan fingerprint density at radius 1 is 0.851 bits per heavy atom. The number of fused-ring (bicyclic) bond motifs is 3. The van der Waals surface area contributed by atoms with Crippen LogP contribution in [0.5, 0.6) is 0 Å². The number of alkyl carbamates (subject to hydrolysis) is 1. The number of ether oxygens (including phenoxy) is 3. The van der Waals surface area contributed by atoms with Gasteiger partial charge in [0, 0.05) is 12.3 Å². The van der Waals surface area contributed by atoms with Gasteiger partial charge in [0.25, 0.3) is 0 Å². The molecule has 4 rings (SSSR count). The van der Waals surface area contributed by atoms with E-state index in [9.17, 15) is 24.3 Å². The van der Waals surface area contributed by atoms with Gasteiger partial charge in [-0.15, -0.1) is 4.99 Å². The number of guanidine groups is 1. The Kier molecular flexibility index (Phi) is 10.2. The van der Waals surface area contributed by atoms with E-state index >= 15 is 0 Å². The quantitative estimate of drug-likeness (QED) is 0.154. The van der Waals surface area contributed by atoms with E-state index in [0.717, 1.165) is 27.2 Å². The number of carbonyl (C=O) groups is 4. The van der Waals surface area contributed by atoms with Crippen LogP contribution in [0.3, 0.4) is 0 Å². The maximum Gasteiger partial charge on any atom is 0.437 e. The molecular weight excluding hydrogens is 604 g/mol. The zero-order chi connectivity index (χ0) is 34.5. The smallest absolute Gasteiger partial charge is 0.437 e. The lowest BCUT2D eigenvalue weighted by Crippen LogP contribution is -2.45. The summed E-state index contributed by atoms with van der Waals surface area (Å²) in [6, 6.07) is 20.6. The topological polar surface area (TPSA) is 170 Å². The second-order valence-corrected chi connectivity index (χ2v) is 13.0. The first-order valence-electron chi connectivity index (χ1n) is 15.1. The van der Waals surface area contributed by atoms with Gasteiger partial charge >= 0.3 is 24.2 Å². The number of nitrogens with one attached hydrogen (secondary N) is 1. The number of aliphatic imine (C=N–C) groups is 1. The van der Waals surface area contributed by atoms with Crippen molar-refractivity contribution in [2.75, 3.05) is 11.5 Å². The molecule has 3 aromatic carbocycles. The van der Waals surface area contributed by atoms with Gasteiger partial charge in [0.1, 0.15) is 23.9 Å². The molecule has 0 aliphatic heterocycles. The van der Waals surface area contributed by atoms with Gasteiger partial charge in [-0.05, 0) is 81.5 Å². The molecule has 1 atom stereocenters. The van der Waals surface area contributed by atoms with Crippen molar-refractivity contribution in [1.29, 1.82) is 0 Å². The number of rotatable bonds is 7. The van der Waals surface area contributed by atoms with Crippen LogP contribution < -0.4 is 16.0 Å². The summed E-state index contributed by atoms with van der Waals surface area (Å²) in [5.41, 5.74) is 9.28. The number of aliphatic carboxylic acids is 1. The molecule has 0 unspecified atom stereocenters. The predicted molar refractivity (Wildman–Crippen MR) is 176 cm³/mol. The van der Waals surface area contributed by atoms with Crippen molar-refractivity contribution < 1.29 is 38.5 Å². The SMILES string of the molecule is CC(C)(C)OC(=O)/N=C(\N)N(C(=O)OC(C)(C)C)c1ccc(C[C@@H](NC(=O)OCC2c3ccccc3-c3ccccc32)C(=O)O)cc1. The van der Waals surface area contributed by atoms with Crippen molar-refractivity contribution in [1.82, 2.24) is 5.32 Å². The van der Waals surface area contributed by atoms with Gasteiger partial charge in [-0.1, -0.05) is 60.7 Å². The van der Waals surface area contributed by atoms with Crippen molar-refractivity contribution >= 4 is 35.9 Å². The lowest BCUT2D eigenvalue weighted by molar-refractivity contribution is -0.139. The Balaban J connectivity index is 1.45. The molecule has 248 valence electrons. The van der Waals surface area contributed by atoms with Crippen LogP contribution in [0.1, 0.15) is 64.2 Å². The second kappa shape index (κ2) is 13.9. The fourth-order valence-corrected chi connectivity index (χ4v) is 5.07.